The summed E-state index contributed by atoms with van der Waals surface area (Å²) in [5, 5.41) is 4.35. The number of carbonyl (C=O) groups is 1. The Kier molecular flexibility index (Phi) is 5.06. The number of aryl methyl sites for hydroxylation is 1. The molecule has 0 aromatic carbocycles. The number of hydrogen-bond acceptors (Lipinski definition) is 5. The van der Waals surface area contributed by atoms with E-state index in [0.29, 0.717) is 32.1 Å². The molecule has 146 valence electrons. The average Bonchev–Trinajstić information content (AvgIpc) is 3.30. The molecule has 0 aliphatic carbocycles. The van der Waals surface area contributed by atoms with Crippen molar-refractivity contribution in [2.24, 2.45) is 18.4 Å². The second-order valence-corrected chi connectivity index (χ2v) is 8.04. The highest BCUT2D eigenvalue weighted by Gasteiger charge is 2.47. The molecule has 2 aliphatic rings. The topological polar surface area (TPSA) is 63.7 Å². The number of hydrogen-bond donors (Lipinski definition) is 0. The van der Waals surface area contributed by atoms with Gasteiger partial charge >= 0.3 is 0 Å². The average molecular weight is 372 g/mol. The molecule has 0 bridgehead atoms. The number of rotatable bonds is 4. The third-order valence-electron chi connectivity index (χ3n) is 5.93. The van der Waals surface area contributed by atoms with Crippen molar-refractivity contribution in [3.8, 4) is 0 Å². The second-order valence-electron chi connectivity index (χ2n) is 8.04. The predicted octanol–water partition coefficient (Wildman–Crippen LogP) is 1.55. The van der Waals surface area contributed by atoms with Gasteiger partial charge in [-0.25, -0.2) is 0 Å². The first-order valence-electron chi connectivity index (χ1n) is 9.63. The number of amides is 1. The van der Waals surface area contributed by atoms with Crippen LogP contribution >= 0.6 is 0 Å². The maximum Gasteiger partial charge on any atom is 0.228 e. The van der Waals surface area contributed by atoms with E-state index in [1.54, 1.807) is 10.9 Å². The highest BCUT2D eigenvalue weighted by Crippen LogP contribution is 2.39. The molecule has 7 nitrogen and oxygen atoms in total. The summed E-state index contributed by atoms with van der Waals surface area (Å²) in [5.41, 5.74) is 0.795. The van der Waals surface area contributed by atoms with E-state index >= 15 is 0 Å². The lowest BCUT2D eigenvalue weighted by Gasteiger charge is -2.35. The number of carbonyl (C=O) groups excluding carboxylic acids is 1. The Hall–Kier alpha value is -2.12. The Morgan fingerprint density at radius 3 is 3.00 bits per heavy atom. The molecule has 7 heteroatoms. The summed E-state index contributed by atoms with van der Waals surface area (Å²) >= 11 is 0. The monoisotopic (exact) mass is 372 g/mol. The highest BCUT2D eigenvalue weighted by atomic mass is 16.5. The molecule has 2 aromatic rings. The first-order chi connectivity index (χ1) is 13.0. The van der Waals surface area contributed by atoms with Gasteiger partial charge < -0.3 is 14.1 Å². The second kappa shape index (κ2) is 7.48. The van der Waals surface area contributed by atoms with E-state index in [-0.39, 0.29) is 11.3 Å². The Bertz CT molecular complexity index is 772. The van der Waals surface area contributed by atoms with E-state index in [4.69, 9.17) is 9.15 Å². The first-order valence-corrected chi connectivity index (χ1v) is 9.63. The van der Waals surface area contributed by atoms with Crippen LogP contribution in [-0.4, -0.2) is 64.9 Å². The van der Waals surface area contributed by atoms with Crippen LogP contribution in [0, 0.1) is 11.3 Å². The molecule has 2 aromatic heterocycles. The van der Waals surface area contributed by atoms with Crippen molar-refractivity contribution in [2.75, 3.05) is 39.4 Å². The lowest BCUT2D eigenvalue weighted by Crippen LogP contribution is -2.46. The fraction of sp³-hybridized carbons (Fsp3) is 0.600. The zero-order chi connectivity index (χ0) is 18.9. The number of ether oxygens (including phenoxy) is 1. The van der Waals surface area contributed by atoms with Crippen LogP contribution in [0.15, 0.2) is 35.1 Å². The van der Waals surface area contributed by atoms with Crippen LogP contribution in [0.25, 0.3) is 0 Å². The van der Waals surface area contributed by atoms with E-state index in [9.17, 15) is 4.79 Å². The summed E-state index contributed by atoms with van der Waals surface area (Å²) in [5.74, 6) is 1.57. The maximum atomic E-state index is 12.9. The molecule has 2 aliphatic heterocycles. The summed E-state index contributed by atoms with van der Waals surface area (Å²) in [6.07, 6.45) is 3.94. The Morgan fingerprint density at radius 1 is 1.37 bits per heavy atom. The molecule has 0 radical (unpaired) electrons. The van der Waals surface area contributed by atoms with Gasteiger partial charge in [0.15, 0.2) is 0 Å². The molecule has 27 heavy (non-hydrogen) atoms. The number of nitrogens with zero attached hydrogens (tertiary/aromatic N) is 4. The third-order valence-corrected chi connectivity index (χ3v) is 5.93. The number of aromatic nitrogens is 2. The van der Waals surface area contributed by atoms with Crippen molar-refractivity contribution in [3.63, 3.8) is 0 Å². The van der Waals surface area contributed by atoms with Crippen molar-refractivity contribution in [2.45, 2.75) is 19.9 Å². The van der Waals surface area contributed by atoms with Gasteiger partial charge in [0.2, 0.25) is 5.91 Å². The third kappa shape index (κ3) is 3.94. The van der Waals surface area contributed by atoms with Gasteiger partial charge in [0.05, 0.1) is 38.1 Å². The van der Waals surface area contributed by atoms with Crippen molar-refractivity contribution in [3.05, 3.63) is 42.1 Å². The molecule has 0 N–H and O–H groups in total. The summed E-state index contributed by atoms with van der Waals surface area (Å²) in [4.78, 5) is 17.3. The minimum absolute atomic E-state index is 0.0249. The van der Waals surface area contributed by atoms with E-state index < -0.39 is 0 Å². The van der Waals surface area contributed by atoms with Gasteiger partial charge in [-0.1, -0.05) is 6.92 Å². The van der Waals surface area contributed by atoms with Crippen LogP contribution in [0.4, 0.5) is 0 Å². The predicted molar refractivity (Wildman–Crippen MR) is 99.9 cm³/mol. The van der Waals surface area contributed by atoms with Gasteiger partial charge in [-0.3, -0.25) is 14.4 Å². The summed E-state index contributed by atoms with van der Waals surface area (Å²) in [6.45, 7) is 7.69. The molecule has 2 saturated heterocycles. The molecular formula is C20H28N4O3. The minimum atomic E-state index is -0.0249. The van der Waals surface area contributed by atoms with Crippen LogP contribution in [0.1, 0.15) is 18.4 Å². The van der Waals surface area contributed by atoms with Crippen LogP contribution in [0.3, 0.4) is 0 Å². The Morgan fingerprint density at radius 2 is 2.26 bits per heavy atom. The van der Waals surface area contributed by atoms with E-state index in [2.05, 4.69) is 16.9 Å². The van der Waals surface area contributed by atoms with Crippen molar-refractivity contribution >= 4 is 5.91 Å². The normalized spacial score (nSPS) is 26.6. The molecule has 2 fully saturated rings. The summed E-state index contributed by atoms with van der Waals surface area (Å²) in [6, 6.07) is 5.85. The lowest BCUT2D eigenvalue weighted by atomic mass is 9.79. The molecule has 1 spiro atoms. The zero-order valence-corrected chi connectivity index (χ0v) is 16.1. The quantitative estimate of drug-likeness (QED) is 0.815. The smallest absolute Gasteiger partial charge is 0.228 e. The van der Waals surface area contributed by atoms with Crippen molar-refractivity contribution in [1.29, 1.82) is 0 Å². The van der Waals surface area contributed by atoms with Gasteiger partial charge in [-0.2, -0.15) is 5.10 Å². The van der Waals surface area contributed by atoms with Crippen LogP contribution < -0.4 is 0 Å². The van der Waals surface area contributed by atoms with Crippen molar-refractivity contribution < 1.29 is 13.9 Å². The van der Waals surface area contributed by atoms with Gasteiger partial charge in [-0.05, 0) is 24.1 Å². The van der Waals surface area contributed by atoms with Crippen molar-refractivity contribution in [1.82, 2.24) is 19.6 Å². The van der Waals surface area contributed by atoms with E-state index in [0.717, 1.165) is 37.6 Å². The Balaban J connectivity index is 1.44. The van der Waals surface area contributed by atoms with Crippen LogP contribution in [0.5, 0.6) is 0 Å². The lowest BCUT2D eigenvalue weighted by molar-refractivity contribution is -0.131. The zero-order valence-electron chi connectivity index (χ0n) is 16.1. The Labute approximate surface area is 159 Å². The number of furan rings is 1. The summed E-state index contributed by atoms with van der Waals surface area (Å²) in [7, 11) is 1.87. The standard InChI is InChI=1S/C20H28N4O3/c1-16-11-23(12-18-4-3-8-27-18)13-20(16)14-24(7-9-26-15-20)19(25)10-17-5-6-22(2)21-17/h3-6,8,16H,7,9-15H2,1-2H3/t16-,20+/m1/s1. The first kappa shape index (κ1) is 18.3. The van der Waals surface area contributed by atoms with Gasteiger partial charge in [0, 0.05) is 44.8 Å². The summed E-state index contributed by atoms with van der Waals surface area (Å²) < 4.78 is 13.2. The maximum absolute atomic E-state index is 12.9. The van der Waals surface area contributed by atoms with Gasteiger partial charge in [0.1, 0.15) is 5.76 Å². The minimum Gasteiger partial charge on any atom is -0.468 e. The van der Waals surface area contributed by atoms with Gasteiger partial charge in [-0.15, -0.1) is 0 Å². The molecule has 0 saturated carbocycles. The van der Waals surface area contributed by atoms with E-state index in [1.165, 1.54) is 0 Å². The molecule has 4 rings (SSSR count). The SMILES string of the molecule is C[C@@H]1CN(Cc2ccco2)C[C@]12COCCN(C(=O)Cc1ccn(C)n1)C2. The molecule has 1 amide bonds. The van der Waals surface area contributed by atoms with Crippen LogP contribution in [0.2, 0.25) is 0 Å². The molecule has 4 heterocycles. The number of likely N-dealkylation sites (tertiary alicyclic amines) is 1. The highest BCUT2D eigenvalue weighted by molar-refractivity contribution is 5.78. The molecule has 0 unspecified atom stereocenters. The fourth-order valence-electron chi connectivity index (χ4n) is 4.38. The van der Waals surface area contributed by atoms with Gasteiger partial charge in [0.25, 0.3) is 0 Å². The fourth-order valence-corrected chi connectivity index (χ4v) is 4.38. The largest absolute Gasteiger partial charge is 0.468 e. The van der Waals surface area contributed by atoms with E-state index in [1.807, 2.05) is 36.3 Å². The molecule has 2 atom stereocenters. The molecular weight excluding hydrogens is 344 g/mol. The van der Waals surface area contributed by atoms with Crippen LogP contribution in [-0.2, 0) is 29.5 Å².